The van der Waals surface area contributed by atoms with Crippen LogP contribution in [0.4, 0.5) is 5.82 Å². The molecule has 5 nitrogen and oxygen atoms in total. The SMILES string of the molecule is Cc1nc2c(c(N(Cc3ccccc3)CC3CCCO3)n1)CCN(Cc1ccccc1)C2. The molecule has 3 heterocycles. The second-order valence-corrected chi connectivity index (χ2v) is 8.97. The number of aryl methyl sites for hydroxylation is 1. The predicted octanol–water partition coefficient (Wildman–Crippen LogP) is 4.53. The van der Waals surface area contributed by atoms with Crippen LogP contribution in [0.1, 0.15) is 41.1 Å². The minimum atomic E-state index is 0.280. The van der Waals surface area contributed by atoms with E-state index in [2.05, 4.69) is 70.5 Å². The number of hydrogen-bond acceptors (Lipinski definition) is 5. The third-order valence-electron chi connectivity index (χ3n) is 6.45. The molecule has 32 heavy (non-hydrogen) atoms. The molecule has 2 aliphatic rings. The van der Waals surface area contributed by atoms with Crippen molar-refractivity contribution in [1.29, 1.82) is 0 Å². The van der Waals surface area contributed by atoms with E-state index in [-0.39, 0.29) is 6.10 Å². The summed E-state index contributed by atoms with van der Waals surface area (Å²) < 4.78 is 6.01. The van der Waals surface area contributed by atoms with Crippen molar-refractivity contribution < 1.29 is 4.74 Å². The fourth-order valence-corrected chi connectivity index (χ4v) is 4.89. The van der Waals surface area contributed by atoms with Gasteiger partial charge in [0.05, 0.1) is 11.8 Å². The number of benzene rings is 2. The van der Waals surface area contributed by atoms with Crippen LogP contribution in [0.15, 0.2) is 60.7 Å². The summed E-state index contributed by atoms with van der Waals surface area (Å²) in [6.07, 6.45) is 3.54. The number of nitrogens with zero attached hydrogens (tertiary/aromatic N) is 4. The zero-order chi connectivity index (χ0) is 21.8. The normalized spacial score (nSPS) is 18.5. The number of fused-ring (bicyclic) bond motifs is 1. The van der Waals surface area contributed by atoms with E-state index in [4.69, 9.17) is 14.7 Å². The molecule has 0 spiro atoms. The van der Waals surface area contributed by atoms with Crippen molar-refractivity contribution in [3.63, 3.8) is 0 Å². The maximum atomic E-state index is 6.01. The molecule has 5 heteroatoms. The molecule has 5 rings (SSSR count). The lowest BCUT2D eigenvalue weighted by molar-refractivity contribution is 0.115. The third-order valence-corrected chi connectivity index (χ3v) is 6.45. The first-order valence-corrected chi connectivity index (χ1v) is 11.8. The molecular formula is C27H32N4O. The first-order chi connectivity index (χ1) is 15.7. The molecule has 0 saturated carbocycles. The topological polar surface area (TPSA) is 41.5 Å². The highest BCUT2D eigenvalue weighted by Crippen LogP contribution is 2.29. The molecule has 1 fully saturated rings. The average Bonchev–Trinajstić information content (AvgIpc) is 3.32. The summed E-state index contributed by atoms with van der Waals surface area (Å²) in [6.45, 7) is 7.48. The lowest BCUT2D eigenvalue weighted by Gasteiger charge is -2.33. The van der Waals surface area contributed by atoms with E-state index in [1.807, 2.05) is 6.92 Å². The fraction of sp³-hybridized carbons (Fsp3) is 0.407. The Bertz CT molecular complexity index is 1020. The number of hydrogen-bond donors (Lipinski definition) is 0. The Morgan fingerprint density at radius 1 is 1.00 bits per heavy atom. The summed E-state index contributed by atoms with van der Waals surface area (Å²) in [7, 11) is 0. The van der Waals surface area contributed by atoms with Gasteiger partial charge in [0.15, 0.2) is 0 Å². The van der Waals surface area contributed by atoms with Gasteiger partial charge in [0.1, 0.15) is 11.6 Å². The van der Waals surface area contributed by atoms with Crippen LogP contribution in [0.25, 0.3) is 0 Å². The molecule has 166 valence electrons. The Morgan fingerprint density at radius 3 is 2.47 bits per heavy atom. The Balaban J connectivity index is 1.42. The molecule has 2 aromatic carbocycles. The molecule has 0 amide bonds. The van der Waals surface area contributed by atoms with Crippen LogP contribution in [0.2, 0.25) is 0 Å². The molecular weight excluding hydrogens is 396 g/mol. The van der Waals surface area contributed by atoms with Gasteiger partial charge in [-0.25, -0.2) is 9.97 Å². The van der Waals surface area contributed by atoms with E-state index >= 15 is 0 Å². The maximum Gasteiger partial charge on any atom is 0.136 e. The highest BCUT2D eigenvalue weighted by Gasteiger charge is 2.27. The molecule has 0 bridgehead atoms. The van der Waals surface area contributed by atoms with Crippen LogP contribution in [-0.4, -0.2) is 40.7 Å². The van der Waals surface area contributed by atoms with E-state index in [0.29, 0.717) is 0 Å². The fourth-order valence-electron chi connectivity index (χ4n) is 4.89. The molecule has 1 aromatic heterocycles. The number of rotatable bonds is 7. The lowest BCUT2D eigenvalue weighted by Crippen LogP contribution is -2.36. The maximum absolute atomic E-state index is 6.01. The standard InChI is InChI=1S/C27H32N4O/c1-21-28-26-20-30(17-22-9-4-2-5-10-22)15-14-25(26)27(29-21)31(19-24-13-8-16-32-24)18-23-11-6-3-7-12-23/h2-7,9-12,24H,8,13-20H2,1H3. The minimum absolute atomic E-state index is 0.280. The van der Waals surface area contributed by atoms with Gasteiger partial charge in [-0.2, -0.15) is 0 Å². The smallest absolute Gasteiger partial charge is 0.136 e. The Labute approximate surface area is 191 Å². The highest BCUT2D eigenvalue weighted by molar-refractivity contribution is 5.51. The molecule has 1 unspecified atom stereocenters. The van der Waals surface area contributed by atoms with E-state index in [9.17, 15) is 0 Å². The van der Waals surface area contributed by atoms with Crippen LogP contribution in [0.5, 0.6) is 0 Å². The average molecular weight is 429 g/mol. The van der Waals surface area contributed by atoms with E-state index in [1.165, 1.54) is 22.4 Å². The van der Waals surface area contributed by atoms with Gasteiger partial charge in [0.2, 0.25) is 0 Å². The van der Waals surface area contributed by atoms with Crippen LogP contribution < -0.4 is 4.90 Å². The van der Waals surface area contributed by atoms with Gasteiger partial charge in [-0.1, -0.05) is 60.7 Å². The monoisotopic (exact) mass is 428 g/mol. The molecule has 0 aliphatic carbocycles. The zero-order valence-corrected chi connectivity index (χ0v) is 18.9. The molecule has 3 aromatic rings. The van der Waals surface area contributed by atoms with Gasteiger partial charge in [0, 0.05) is 44.9 Å². The molecule has 2 aliphatic heterocycles. The van der Waals surface area contributed by atoms with E-state index < -0.39 is 0 Å². The van der Waals surface area contributed by atoms with Crippen molar-refractivity contribution in [1.82, 2.24) is 14.9 Å². The van der Waals surface area contributed by atoms with Gasteiger partial charge in [-0.3, -0.25) is 4.90 Å². The lowest BCUT2D eigenvalue weighted by atomic mass is 10.0. The molecule has 1 atom stereocenters. The number of aromatic nitrogens is 2. The van der Waals surface area contributed by atoms with Gasteiger partial charge in [-0.15, -0.1) is 0 Å². The third kappa shape index (κ3) is 5.00. The summed E-state index contributed by atoms with van der Waals surface area (Å²) >= 11 is 0. The summed E-state index contributed by atoms with van der Waals surface area (Å²) in [5.41, 5.74) is 5.15. The van der Waals surface area contributed by atoms with Gasteiger partial charge < -0.3 is 9.64 Å². The van der Waals surface area contributed by atoms with Crippen molar-refractivity contribution in [2.24, 2.45) is 0 Å². The van der Waals surface area contributed by atoms with Crippen molar-refractivity contribution in [2.75, 3.05) is 24.6 Å². The second-order valence-electron chi connectivity index (χ2n) is 8.97. The minimum Gasteiger partial charge on any atom is -0.376 e. The highest BCUT2D eigenvalue weighted by atomic mass is 16.5. The van der Waals surface area contributed by atoms with Gasteiger partial charge in [0.25, 0.3) is 0 Å². The molecule has 0 N–H and O–H groups in total. The summed E-state index contributed by atoms with van der Waals surface area (Å²) in [6, 6.07) is 21.4. The molecule has 0 radical (unpaired) electrons. The first-order valence-electron chi connectivity index (χ1n) is 11.8. The molecule has 1 saturated heterocycles. The van der Waals surface area contributed by atoms with Crippen molar-refractivity contribution in [2.45, 2.75) is 51.9 Å². The van der Waals surface area contributed by atoms with Gasteiger partial charge >= 0.3 is 0 Å². The zero-order valence-electron chi connectivity index (χ0n) is 18.9. The number of ether oxygens (including phenoxy) is 1. The Morgan fingerprint density at radius 2 is 1.75 bits per heavy atom. The predicted molar refractivity (Wildman–Crippen MR) is 127 cm³/mol. The summed E-state index contributed by atoms with van der Waals surface area (Å²) in [5, 5.41) is 0. The first kappa shape index (κ1) is 21.1. The van der Waals surface area contributed by atoms with Gasteiger partial charge in [-0.05, 0) is 37.3 Å². The summed E-state index contributed by atoms with van der Waals surface area (Å²) in [4.78, 5) is 14.8. The van der Waals surface area contributed by atoms with Crippen LogP contribution in [0.3, 0.4) is 0 Å². The Kier molecular flexibility index (Phi) is 6.46. The Hall–Kier alpha value is -2.76. The van der Waals surface area contributed by atoms with Crippen LogP contribution >= 0.6 is 0 Å². The van der Waals surface area contributed by atoms with E-state index in [0.717, 1.165) is 70.2 Å². The van der Waals surface area contributed by atoms with E-state index in [1.54, 1.807) is 0 Å². The van der Waals surface area contributed by atoms with Crippen LogP contribution in [-0.2, 0) is 30.8 Å². The quantitative estimate of drug-likeness (QED) is 0.553. The van der Waals surface area contributed by atoms with Crippen LogP contribution in [0, 0.1) is 6.92 Å². The van der Waals surface area contributed by atoms with Crippen molar-refractivity contribution in [3.05, 3.63) is 88.9 Å². The largest absolute Gasteiger partial charge is 0.376 e. The second kappa shape index (κ2) is 9.80. The van der Waals surface area contributed by atoms with Crippen molar-refractivity contribution in [3.8, 4) is 0 Å². The number of anilines is 1. The van der Waals surface area contributed by atoms with Crippen molar-refractivity contribution >= 4 is 5.82 Å². The summed E-state index contributed by atoms with van der Waals surface area (Å²) in [5.74, 6) is 1.96.